The van der Waals surface area contributed by atoms with Crippen molar-refractivity contribution in [3.63, 3.8) is 0 Å². The van der Waals surface area contributed by atoms with Crippen LogP contribution in [-0.2, 0) is 0 Å². The van der Waals surface area contributed by atoms with E-state index in [9.17, 15) is 0 Å². The fourth-order valence-electron chi connectivity index (χ4n) is 5.93. The Morgan fingerprint density at radius 2 is 0.891 bits per heavy atom. The van der Waals surface area contributed by atoms with E-state index in [-0.39, 0.29) is 0 Å². The molecular weight excluding hydrogens is 568 g/mol. The molecule has 0 saturated carbocycles. The monoisotopic (exact) mass is 592 g/mol. The Balaban J connectivity index is 1.19. The molecule has 0 fully saturated rings. The van der Waals surface area contributed by atoms with E-state index in [1.807, 2.05) is 121 Å². The Bertz CT molecular complexity index is 2450. The van der Waals surface area contributed by atoms with Crippen LogP contribution >= 0.6 is 0 Å². The van der Waals surface area contributed by atoms with Crippen LogP contribution in [0.1, 0.15) is 0 Å². The van der Waals surface area contributed by atoms with Gasteiger partial charge < -0.3 is 8.83 Å². The summed E-state index contributed by atoms with van der Waals surface area (Å²) in [4.78, 5) is 19.5. The lowest BCUT2D eigenvalue weighted by molar-refractivity contribution is 0.622. The smallest absolute Gasteiger partial charge is 0.227 e. The molecule has 0 atom stereocenters. The molecule has 6 aromatic carbocycles. The highest BCUT2D eigenvalue weighted by atomic mass is 16.4. The second-order valence-electron chi connectivity index (χ2n) is 11.1. The lowest BCUT2D eigenvalue weighted by Gasteiger charge is -2.09. The maximum absolute atomic E-state index is 6.48. The van der Waals surface area contributed by atoms with Crippen molar-refractivity contribution in [2.24, 2.45) is 0 Å². The van der Waals surface area contributed by atoms with Crippen molar-refractivity contribution in [3.05, 3.63) is 146 Å². The minimum absolute atomic E-state index is 0.577. The molecule has 0 bridgehead atoms. The zero-order valence-electron chi connectivity index (χ0n) is 24.5. The van der Waals surface area contributed by atoms with E-state index in [1.165, 1.54) is 0 Å². The maximum atomic E-state index is 6.48. The van der Waals surface area contributed by atoms with Gasteiger partial charge in [0, 0.05) is 33.2 Å². The third-order valence-electron chi connectivity index (χ3n) is 8.18. The molecular formula is C40H24N4O2. The summed E-state index contributed by atoms with van der Waals surface area (Å²) in [5, 5.41) is 1.91. The van der Waals surface area contributed by atoms with Gasteiger partial charge in [-0.1, -0.05) is 121 Å². The van der Waals surface area contributed by atoms with Gasteiger partial charge in [-0.05, 0) is 29.8 Å². The van der Waals surface area contributed by atoms with E-state index in [0.29, 0.717) is 28.9 Å². The standard InChI is InChI=1S/C40H24N4O2/c1-4-12-26(13-5-1)37-42-38(27-14-6-2-7-15-27)44-39(43-37)28-22-20-25(21-23-28)31-24-32-36(46-40(41-32)29-16-8-3-9-17-29)34-30-18-10-11-19-33(30)45-35(31)34/h1-24H. The number of rotatable bonds is 5. The molecule has 0 N–H and O–H groups in total. The van der Waals surface area contributed by atoms with Gasteiger partial charge in [0.2, 0.25) is 5.89 Å². The highest BCUT2D eigenvalue weighted by Crippen LogP contribution is 2.42. The molecule has 46 heavy (non-hydrogen) atoms. The number of fused-ring (bicyclic) bond motifs is 5. The number of nitrogens with zero attached hydrogens (tertiary/aromatic N) is 4. The van der Waals surface area contributed by atoms with Crippen molar-refractivity contribution in [1.29, 1.82) is 0 Å². The van der Waals surface area contributed by atoms with Crippen molar-refractivity contribution in [1.82, 2.24) is 19.9 Å². The number of oxazole rings is 1. The Morgan fingerprint density at radius 1 is 0.391 bits per heavy atom. The first-order chi connectivity index (χ1) is 22.8. The third kappa shape index (κ3) is 4.43. The van der Waals surface area contributed by atoms with Gasteiger partial charge in [0.15, 0.2) is 23.1 Å². The Hall–Kier alpha value is -6.40. The predicted octanol–water partition coefficient (Wildman–Crippen LogP) is 10.2. The van der Waals surface area contributed by atoms with E-state index in [1.54, 1.807) is 0 Å². The highest BCUT2D eigenvalue weighted by molar-refractivity contribution is 6.20. The SMILES string of the molecule is c1ccc(-c2nc(-c3ccccc3)nc(-c3ccc(-c4cc5nc(-c6ccccc6)oc5c5c4oc4ccccc45)cc3)n2)cc1. The van der Waals surface area contributed by atoms with Gasteiger partial charge in [0.1, 0.15) is 16.7 Å². The van der Waals surface area contributed by atoms with Gasteiger partial charge in [-0.15, -0.1) is 0 Å². The number of hydrogen-bond acceptors (Lipinski definition) is 6. The number of furan rings is 1. The van der Waals surface area contributed by atoms with E-state index in [4.69, 9.17) is 28.8 Å². The lowest BCUT2D eigenvalue weighted by Crippen LogP contribution is -2.00. The molecule has 0 aliphatic heterocycles. The summed E-state index contributed by atoms with van der Waals surface area (Å²) in [6.07, 6.45) is 0. The molecule has 0 amide bonds. The molecule has 0 radical (unpaired) electrons. The first kappa shape index (κ1) is 26.0. The van der Waals surface area contributed by atoms with Crippen LogP contribution in [0.2, 0.25) is 0 Å². The molecule has 6 nitrogen and oxygen atoms in total. The summed E-state index contributed by atoms with van der Waals surface area (Å²) in [5.74, 6) is 2.44. The fraction of sp³-hybridized carbons (Fsp3) is 0. The molecule has 0 aliphatic rings. The Labute approximate surface area is 263 Å². The van der Waals surface area contributed by atoms with Crippen LogP contribution in [-0.4, -0.2) is 19.9 Å². The molecule has 0 aliphatic carbocycles. The molecule has 3 aromatic heterocycles. The summed E-state index contributed by atoms with van der Waals surface area (Å²) in [7, 11) is 0. The summed E-state index contributed by atoms with van der Waals surface area (Å²) in [6.45, 7) is 0. The van der Waals surface area contributed by atoms with Crippen molar-refractivity contribution in [2.45, 2.75) is 0 Å². The van der Waals surface area contributed by atoms with Crippen LogP contribution < -0.4 is 0 Å². The van der Waals surface area contributed by atoms with Gasteiger partial charge >= 0.3 is 0 Å². The predicted molar refractivity (Wildman–Crippen MR) is 182 cm³/mol. The van der Waals surface area contributed by atoms with E-state index in [2.05, 4.69) is 24.3 Å². The minimum atomic E-state index is 0.577. The number of aromatic nitrogens is 4. The summed E-state index contributed by atoms with van der Waals surface area (Å²) >= 11 is 0. The van der Waals surface area contributed by atoms with Gasteiger partial charge in [0.25, 0.3) is 0 Å². The summed E-state index contributed by atoms with van der Waals surface area (Å²) in [5.41, 5.74) is 8.64. The number of para-hydroxylation sites is 1. The fourth-order valence-corrected chi connectivity index (χ4v) is 5.93. The second-order valence-corrected chi connectivity index (χ2v) is 11.1. The van der Waals surface area contributed by atoms with E-state index in [0.717, 1.165) is 60.8 Å². The van der Waals surface area contributed by atoms with Gasteiger partial charge in [-0.3, -0.25) is 0 Å². The van der Waals surface area contributed by atoms with Crippen LogP contribution in [0, 0.1) is 0 Å². The number of benzene rings is 6. The van der Waals surface area contributed by atoms with Crippen molar-refractivity contribution in [3.8, 4) is 56.7 Å². The van der Waals surface area contributed by atoms with Crippen molar-refractivity contribution in [2.75, 3.05) is 0 Å². The highest BCUT2D eigenvalue weighted by Gasteiger charge is 2.21. The normalized spacial score (nSPS) is 11.5. The average molecular weight is 593 g/mol. The zero-order chi connectivity index (χ0) is 30.5. The van der Waals surface area contributed by atoms with Crippen LogP contribution in [0.15, 0.2) is 154 Å². The lowest BCUT2D eigenvalue weighted by atomic mass is 10.00. The first-order valence-corrected chi connectivity index (χ1v) is 15.1. The average Bonchev–Trinajstić information content (AvgIpc) is 3.74. The van der Waals surface area contributed by atoms with Crippen LogP contribution in [0.3, 0.4) is 0 Å². The Kier molecular flexibility index (Phi) is 6.03. The molecule has 0 unspecified atom stereocenters. The largest absolute Gasteiger partial charge is 0.455 e. The topological polar surface area (TPSA) is 77.8 Å². The van der Waals surface area contributed by atoms with Gasteiger partial charge in [-0.2, -0.15) is 0 Å². The molecule has 6 heteroatoms. The van der Waals surface area contributed by atoms with Crippen molar-refractivity contribution >= 4 is 33.0 Å². The molecule has 216 valence electrons. The second kappa shape index (κ2) is 10.6. The molecule has 0 spiro atoms. The third-order valence-corrected chi connectivity index (χ3v) is 8.18. The molecule has 9 rings (SSSR count). The first-order valence-electron chi connectivity index (χ1n) is 15.1. The quantitative estimate of drug-likeness (QED) is 0.198. The van der Waals surface area contributed by atoms with Gasteiger partial charge in [-0.25, -0.2) is 19.9 Å². The van der Waals surface area contributed by atoms with Crippen LogP contribution in [0.5, 0.6) is 0 Å². The number of hydrogen-bond donors (Lipinski definition) is 0. The van der Waals surface area contributed by atoms with Gasteiger partial charge in [0.05, 0.1) is 5.39 Å². The molecule has 0 saturated heterocycles. The summed E-state index contributed by atoms with van der Waals surface area (Å²) in [6, 6.07) is 48.3. The van der Waals surface area contributed by atoms with E-state index >= 15 is 0 Å². The summed E-state index contributed by atoms with van der Waals surface area (Å²) < 4.78 is 12.9. The van der Waals surface area contributed by atoms with Crippen molar-refractivity contribution < 1.29 is 8.83 Å². The Morgan fingerprint density at radius 3 is 1.50 bits per heavy atom. The maximum Gasteiger partial charge on any atom is 0.227 e. The molecule has 9 aromatic rings. The van der Waals surface area contributed by atoms with Crippen LogP contribution in [0.4, 0.5) is 0 Å². The van der Waals surface area contributed by atoms with E-state index < -0.39 is 0 Å². The minimum Gasteiger partial charge on any atom is -0.455 e. The zero-order valence-corrected chi connectivity index (χ0v) is 24.5. The van der Waals surface area contributed by atoms with Crippen LogP contribution in [0.25, 0.3) is 89.8 Å². The molecule has 3 heterocycles.